The molecule has 0 bridgehead atoms. The molecule has 3 heterocycles. The van der Waals surface area contributed by atoms with Crippen LogP contribution in [-0.2, 0) is 11.2 Å². The molecule has 0 radical (unpaired) electrons. The number of hydrogen-bond donors (Lipinski definition) is 1. The number of rotatable bonds is 10. The molecule has 0 unspecified atom stereocenters. The van der Waals surface area contributed by atoms with E-state index in [1.165, 1.54) is 12.8 Å². The molecule has 3 aromatic carbocycles. The van der Waals surface area contributed by atoms with Gasteiger partial charge in [0.15, 0.2) is 0 Å². The molecule has 1 aliphatic rings. The lowest BCUT2D eigenvalue weighted by atomic mass is 9.94. The maximum absolute atomic E-state index is 12.8. The molecule has 0 atom stereocenters. The maximum Gasteiger partial charge on any atom is 0.249 e. The molecular weight excluding hydrogens is 554 g/mol. The van der Waals surface area contributed by atoms with Gasteiger partial charge in [0.25, 0.3) is 0 Å². The standard InChI is InChI=1S/C35H37N5O2S/c36-34(42)29-16-11-15-28(25-18-19-31-30(22-25)37-24-43-31)33(29)35-38-26(23-40(35)27-13-6-4-7-14-27)12-5-3-8-17-32(41)39-20-9-1-2-10-21-39/h4,6-7,11,13-16,18-19,22-24H,1-3,5,8-10,12,17,20-21H2,(H2,36,42). The number of carbonyl (C=O) groups excluding carboxylic acids is 2. The summed E-state index contributed by atoms with van der Waals surface area (Å²) in [6.45, 7) is 1.82. The fraction of sp³-hybridized carbons (Fsp3) is 0.314. The largest absolute Gasteiger partial charge is 0.366 e. The molecule has 6 rings (SSSR count). The van der Waals surface area contributed by atoms with Crippen LogP contribution in [0.1, 0.15) is 67.4 Å². The first-order valence-electron chi connectivity index (χ1n) is 15.3. The number of hydrogen-bond acceptors (Lipinski definition) is 5. The van der Waals surface area contributed by atoms with Crippen molar-refractivity contribution in [1.82, 2.24) is 19.4 Å². The number of aryl methyl sites for hydroxylation is 1. The van der Waals surface area contributed by atoms with Crippen LogP contribution < -0.4 is 5.73 Å². The Labute approximate surface area is 256 Å². The fourth-order valence-corrected chi connectivity index (χ4v) is 6.67. The van der Waals surface area contributed by atoms with Gasteiger partial charge >= 0.3 is 0 Å². The lowest BCUT2D eigenvalue weighted by molar-refractivity contribution is -0.131. The molecule has 0 aliphatic carbocycles. The molecule has 0 spiro atoms. The van der Waals surface area contributed by atoms with Gasteiger partial charge in [-0.25, -0.2) is 9.97 Å². The number of primary amides is 1. The summed E-state index contributed by atoms with van der Waals surface area (Å²) in [6.07, 6.45) is 10.9. The van der Waals surface area contributed by atoms with Gasteiger partial charge in [-0.3, -0.25) is 14.2 Å². The third kappa shape index (κ3) is 6.54. The second-order valence-electron chi connectivity index (χ2n) is 11.2. The number of thiazole rings is 1. The summed E-state index contributed by atoms with van der Waals surface area (Å²) in [6, 6.07) is 21.9. The molecule has 2 N–H and O–H groups in total. The first-order chi connectivity index (χ1) is 21.1. The zero-order valence-electron chi connectivity index (χ0n) is 24.4. The molecule has 2 aromatic heterocycles. The van der Waals surface area contributed by atoms with Gasteiger partial charge in [-0.15, -0.1) is 11.3 Å². The lowest BCUT2D eigenvalue weighted by Crippen LogP contribution is -2.31. The van der Waals surface area contributed by atoms with Gasteiger partial charge in [0.05, 0.1) is 27.0 Å². The van der Waals surface area contributed by atoms with E-state index in [0.717, 1.165) is 84.3 Å². The van der Waals surface area contributed by atoms with Crippen LogP contribution in [0.3, 0.4) is 0 Å². The Balaban J connectivity index is 1.28. The molecule has 1 aliphatic heterocycles. The van der Waals surface area contributed by atoms with E-state index < -0.39 is 5.91 Å². The first kappa shape index (κ1) is 28.8. The highest BCUT2D eigenvalue weighted by atomic mass is 32.1. The zero-order valence-corrected chi connectivity index (χ0v) is 25.2. The van der Waals surface area contributed by atoms with Crippen molar-refractivity contribution in [1.29, 1.82) is 0 Å². The minimum absolute atomic E-state index is 0.295. The molecule has 0 saturated carbocycles. The van der Waals surface area contributed by atoms with Crippen LogP contribution >= 0.6 is 11.3 Å². The summed E-state index contributed by atoms with van der Waals surface area (Å²) < 4.78 is 3.17. The Kier molecular flexibility index (Phi) is 8.93. The summed E-state index contributed by atoms with van der Waals surface area (Å²) in [4.78, 5) is 37.2. The second kappa shape index (κ2) is 13.3. The van der Waals surface area contributed by atoms with Gasteiger partial charge in [-0.2, -0.15) is 0 Å². The number of carbonyl (C=O) groups is 2. The Morgan fingerprint density at radius 1 is 0.884 bits per heavy atom. The zero-order chi connectivity index (χ0) is 29.6. The number of para-hydroxylation sites is 1. The number of nitrogens with two attached hydrogens (primary N) is 1. The average molecular weight is 592 g/mol. The molecule has 43 heavy (non-hydrogen) atoms. The summed E-state index contributed by atoms with van der Waals surface area (Å²) in [5, 5.41) is 0. The van der Waals surface area contributed by atoms with Crippen molar-refractivity contribution in [3.63, 3.8) is 0 Å². The SMILES string of the molecule is NC(=O)c1cccc(-c2ccc3scnc3c2)c1-c1nc(CCCCCC(=O)N2CCCCCC2)cn1-c1ccccc1. The van der Waals surface area contributed by atoms with E-state index in [1.54, 1.807) is 17.4 Å². The third-order valence-corrected chi connectivity index (χ3v) is 9.08. The van der Waals surface area contributed by atoms with Crippen LogP contribution in [0.2, 0.25) is 0 Å². The minimum atomic E-state index is -0.496. The molecule has 5 aromatic rings. The van der Waals surface area contributed by atoms with Gasteiger partial charge in [0.2, 0.25) is 11.8 Å². The summed E-state index contributed by atoms with van der Waals surface area (Å²) in [5.41, 5.74) is 13.6. The number of fused-ring (bicyclic) bond motifs is 1. The second-order valence-corrected chi connectivity index (χ2v) is 12.1. The smallest absolute Gasteiger partial charge is 0.249 e. The molecule has 8 heteroatoms. The van der Waals surface area contributed by atoms with E-state index in [0.29, 0.717) is 29.3 Å². The number of unbranched alkanes of at least 4 members (excludes halogenated alkanes) is 2. The third-order valence-electron chi connectivity index (χ3n) is 8.27. The number of nitrogens with zero attached hydrogens (tertiary/aromatic N) is 4. The van der Waals surface area contributed by atoms with Crippen molar-refractivity contribution in [2.75, 3.05) is 13.1 Å². The quantitative estimate of drug-likeness (QED) is 0.171. The Morgan fingerprint density at radius 3 is 2.49 bits per heavy atom. The number of aromatic nitrogens is 3. The van der Waals surface area contributed by atoms with Crippen molar-refractivity contribution in [2.45, 2.75) is 57.8 Å². The molecule has 1 fully saturated rings. The van der Waals surface area contributed by atoms with E-state index in [-0.39, 0.29) is 0 Å². The van der Waals surface area contributed by atoms with Crippen molar-refractivity contribution in [2.24, 2.45) is 5.73 Å². The van der Waals surface area contributed by atoms with Gasteiger partial charge in [0.1, 0.15) is 5.82 Å². The normalized spacial score (nSPS) is 13.7. The van der Waals surface area contributed by atoms with Crippen LogP contribution in [0, 0.1) is 0 Å². The topological polar surface area (TPSA) is 94.1 Å². The van der Waals surface area contributed by atoms with E-state index in [9.17, 15) is 9.59 Å². The maximum atomic E-state index is 12.8. The molecule has 220 valence electrons. The summed E-state index contributed by atoms with van der Waals surface area (Å²) in [7, 11) is 0. The number of imidazole rings is 1. The van der Waals surface area contributed by atoms with E-state index in [1.807, 2.05) is 48.0 Å². The monoisotopic (exact) mass is 591 g/mol. The average Bonchev–Trinajstić information content (AvgIpc) is 3.59. The van der Waals surface area contributed by atoms with E-state index >= 15 is 0 Å². The van der Waals surface area contributed by atoms with E-state index in [4.69, 9.17) is 10.7 Å². The van der Waals surface area contributed by atoms with Gasteiger partial charge < -0.3 is 10.6 Å². The number of amides is 2. The Hall–Kier alpha value is -4.30. The van der Waals surface area contributed by atoms with Crippen molar-refractivity contribution >= 4 is 33.4 Å². The van der Waals surface area contributed by atoms with Crippen molar-refractivity contribution in [3.8, 4) is 28.2 Å². The van der Waals surface area contributed by atoms with Crippen LogP contribution in [0.4, 0.5) is 0 Å². The molecular formula is C35H37N5O2S. The summed E-state index contributed by atoms with van der Waals surface area (Å²) >= 11 is 1.60. The van der Waals surface area contributed by atoms with Crippen LogP contribution in [0.5, 0.6) is 0 Å². The fourth-order valence-electron chi connectivity index (χ4n) is 6.01. The highest BCUT2D eigenvalue weighted by Gasteiger charge is 2.22. The molecule has 2 amide bonds. The van der Waals surface area contributed by atoms with Gasteiger partial charge in [-0.1, -0.05) is 55.7 Å². The molecule has 1 saturated heterocycles. The minimum Gasteiger partial charge on any atom is -0.366 e. The predicted octanol–water partition coefficient (Wildman–Crippen LogP) is 7.42. The van der Waals surface area contributed by atoms with Gasteiger partial charge in [-0.05, 0) is 73.6 Å². The van der Waals surface area contributed by atoms with Crippen LogP contribution in [0.15, 0.2) is 78.4 Å². The lowest BCUT2D eigenvalue weighted by Gasteiger charge is -2.20. The highest BCUT2D eigenvalue weighted by molar-refractivity contribution is 7.16. The summed E-state index contributed by atoms with van der Waals surface area (Å²) in [5.74, 6) is 0.481. The Morgan fingerprint density at radius 2 is 1.70 bits per heavy atom. The highest BCUT2D eigenvalue weighted by Crippen LogP contribution is 2.37. The van der Waals surface area contributed by atoms with Crippen LogP contribution in [0.25, 0.3) is 38.4 Å². The first-order valence-corrected chi connectivity index (χ1v) is 16.1. The Bertz CT molecular complexity index is 1720. The van der Waals surface area contributed by atoms with Crippen LogP contribution in [-0.4, -0.2) is 44.3 Å². The van der Waals surface area contributed by atoms with Gasteiger partial charge in [0, 0.05) is 37.0 Å². The van der Waals surface area contributed by atoms with Crippen molar-refractivity contribution in [3.05, 3.63) is 89.7 Å². The molecule has 7 nitrogen and oxygen atoms in total. The number of likely N-dealkylation sites (tertiary alicyclic amines) is 1. The number of benzene rings is 3. The van der Waals surface area contributed by atoms with E-state index in [2.05, 4.69) is 38.8 Å². The predicted molar refractivity (Wildman–Crippen MR) is 173 cm³/mol. The van der Waals surface area contributed by atoms with Crippen molar-refractivity contribution < 1.29 is 9.59 Å².